The molecule has 3 nitrogen and oxygen atoms in total. The molecule has 0 unspecified atom stereocenters. The summed E-state index contributed by atoms with van der Waals surface area (Å²) in [7, 11) is -6.56. The number of rotatable bonds is 9. The predicted molar refractivity (Wildman–Crippen MR) is 144 cm³/mol. The van der Waals surface area contributed by atoms with Gasteiger partial charge in [-0.3, -0.25) is 0 Å². The van der Waals surface area contributed by atoms with E-state index in [9.17, 15) is 52.7 Å². The maximum Gasteiger partial charge on any atom is 0.864 e. The molecule has 0 N–H and O–H groups in total. The van der Waals surface area contributed by atoms with Crippen molar-refractivity contribution in [2.75, 3.05) is 0 Å². The Morgan fingerprint density at radius 2 is 0.646 bits per heavy atom. The fraction of sp³-hybridized carbons (Fsp3) is 0.310. The van der Waals surface area contributed by atoms with E-state index in [-0.39, 0.29) is 16.6 Å². The van der Waals surface area contributed by atoms with Gasteiger partial charge in [0.1, 0.15) is 13.6 Å². The van der Waals surface area contributed by atoms with Crippen LogP contribution in [0.3, 0.4) is 0 Å². The van der Waals surface area contributed by atoms with Crippen molar-refractivity contribution in [2.45, 2.75) is 58.2 Å². The maximum atomic E-state index is 15.2. The summed E-state index contributed by atoms with van der Waals surface area (Å²) in [5.74, 6) is -42.1. The lowest BCUT2D eigenvalue weighted by atomic mass is 10.1. The smallest absolute Gasteiger partial charge is 0.486 e. The highest BCUT2D eigenvalue weighted by atomic mass is 28.3. The first-order chi connectivity index (χ1) is 22.1. The Hall–Kier alpha value is -4.08. The third-order valence-electron chi connectivity index (χ3n) is 7.48. The minimum atomic E-state index is -3.60. The molecule has 0 radical (unpaired) electrons. The van der Waals surface area contributed by atoms with Gasteiger partial charge in [-0.15, -0.1) is 5.54 Å². The number of hydrogen-bond donors (Lipinski definition) is 0. The molecule has 0 spiro atoms. The molecule has 3 aromatic carbocycles. The summed E-state index contributed by atoms with van der Waals surface area (Å²) in [6, 6.07) is 0. The number of benzene rings is 3. The third-order valence-corrected chi connectivity index (χ3v) is 13.8. The van der Waals surface area contributed by atoms with Crippen molar-refractivity contribution in [1.29, 1.82) is 0 Å². The average molecular weight is 722 g/mol. The van der Waals surface area contributed by atoms with Gasteiger partial charge in [0.25, 0.3) is 0 Å². The highest BCUT2D eigenvalue weighted by Gasteiger charge is 2.44. The van der Waals surface area contributed by atoms with Gasteiger partial charge in [0.2, 0.25) is 69.8 Å². The van der Waals surface area contributed by atoms with Crippen molar-refractivity contribution in [3.63, 3.8) is 0 Å². The summed E-state index contributed by atoms with van der Waals surface area (Å²) in [4.78, 5) is 0. The van der Waals surface area contributed by atoms with Crippen LogP contribution in [0.5, 0.6) is 17.2 Å². The number of hydrogen-bond acceptors (Lipinski definition) is 3. The van der Waals surface area contributed by atoms with E-state index in [4.69, 9.17) is 4.65 Å². The van der Waals surface area contributed by atoms with Crippen molar-refractivity contribution in [1.82, 2.24) is 0 Å². The van der Waals surface area contributed by atoms with Crippen LogP contribution >= 0.6 is 0 Å². The zero-order valence-electron chi connectivity index (χ0n) is 25.3. The molecule has 3 aromatic rings. The molecule has 0 amide bonds. The van der Waals surface area contributed by atoms with Crippen LogP contribution in [0.15, 0.2) is 0 Å². The van der Waals surface area contributed by atoms with Crippen LogP contribution < -0.4 is 14.0 Å². The van der Waals surface area contributed by atoms with Crippen molar-refractivity contribution >= 4 is 15.4 Å². The first-order valence-electron chi connectivity index (χ1n) is 13.5. The van der Waals surface area contributed by atoms with Gasteiger partial charge in [0.15, 0.2) is 28.9 Å². The van der Waals surface area contributed by atoms with E-state index in [1.165, 1.54) is 0 Å². The summed E-state index contributed by atoms with van der Waals surface area (Å²) < 4.78 is 213. The third kappa shape index (κ3) is 6.50. The van der Waals surface area contributed by atoms with Gasteiger partial charge in [-0.1, -0.05) is 47.5 Å². The molecule has 0 heterocycles. The van der Waals surface area contributed by atoms with Gasteiger partial charge >= 0.3 is 7.32 Å². The van der Waals surface area contributed by atoms with Crippen LogP contribution in [0.2, 0.25) is 16.6 Å². The van der Waals surface area contributed by atoms with Gasteiger partial charge in [-0.2, -0.15) is 22.0 Å². The minimum absolute atomic E-state index is 0.226. The van der Waals surface area contributed by atoms with Crippen LogP contribution in [0.1, 0.15) is 47.1 Å². The summed E-state index contributed by atoms with van der Waals surface area (Å²) in [5.41, 5.74) is 0.582. The minimum Gasteiger partial charge on any atom is -0.486 e. The summed E-state index contributed by atoms with van der Waals surface area (Å²) in [6.45, 7) is 10.5. The monoisotopic (exact) mass is 722 g/mol. The average Bonchev–Trinajstić information content (AvgIpc) is 3.03. The Bertz CT molecular complexity index is 1670. The van der Waals surface area contributed by atoms with E-state index in [2.05, 4.69) is 20.8 Å². The normalized spacial score (nSPS) is 11.7. The van der Waals surface area contributed by atoms with Gasteiger partial charge < -0.3 is 14.0 Å². The van der Waals surface area contributed by atoms with Crippen LogP contribution in [0, 0.1) is 92.9 Å². The Kier molecular flexibility index (Phi) is 11.3. The molecule has 0 aromatic heterocycles. The molecule has 0 aliphatic rings. The van der Waals surface area contributed by atoms with Gasteiger partial charge in [-0.05, 0) is 16.6 Å². The summed E-state index contributed by atoms with van der Waals surface area (Å²) >= 11 is 0. The second-order valence-corrected chi connectivity index (χ2v) is 16.6. The van der Waals surface area contributed by atoms with Crippen molar-refractivity contribution in [2.24, 2.45) is 0 Å². The molecule has 0 bridgehead atoms. The maximum absolute atomic E-state index is 15.2. The molecule has 260 valence electrons. The van der Waals surface area contributed by atoms with E-state index in [0.29, 0.717) is 0 Å². The van der Waals surface area contributed by atoms with Crippen LogP contribution in [0.4, 0.5) is 61.5 Å². The zero-order chi connectivity index (χ0) is 36.7. The molecular weight excluding hydrogens is 701 g/mol. The SMILES string of the molecule is CC(C)[Si](C#Cc1c(F)c(F)c(F)c(F)c1OB(Oc1c(F)c(F)c(F)c(F)c1F)Oc1c(F)c(F)c(F)c(F)c1F)(C(C)C)C(C)C. The lowest BCUT2D eigenvalue weighted by Gasteiger charge is -2.38. The first-order valence-corrected chi connectivity index (χ1v) is 15.8. The van der Waals surface area contributed by atoms with E-state index >= 15 is 8.78 Å². The number of halogens is 14. The van der Waals surface area contributed by atoms with Crippen LogP contribution in [-0.4, -0.2) is 15.4 Å². The molecular formula is C29H21BF14O3Si. The predicted octanol–water partition coefficient (Wildman–Crippen LogP) is 9.73. The molecule has 0 aliphatic heterocycles. The summed E-state index contributed by atoms with van der Waals surface area (Å²) in [6.07, 6.45) is 0. The molecule has 0 atom stereocenters. The van der Waals surface area contributed by atoms with Gasteiger partial charge in [0, 0.05) is 0 Å². The molecule has 0 aliphatic carbocycles. The van der Waals surface area contributed by atoms with Crippen molar-refractivity contribution < 1.29 is 75.4 Å². The second-order valence-electron chi connectivity index (χ2n) is 11.0. The topological polar surface area (TPSA) is 27.7 Å². The quantitative estimate of drug-likeness (QED) is 0.0724. The molecule has 3 rings (SSSR count). The first kappa shape index (κ1) is 38.4. The van der Waals surface area contributed by atoms with E-state index in [1.807, 2.05) is 0 Å². The Balaban J connectivity index is 2.38. The summed E-state index contributed by atoms with van der Waals surface area (Å²) in [5, 5.41) is 0. The second kappa shape index (κ2) is 14.2. The molecule has 0 fully saturated rings. The van der Waals surface area contributed by atoms with Gasteiger partial charge in [0.05, 0.1) is 0 Å². The lowest BCUT2D eigenvalue weighted by Crippen LogP contribution is -2.43. The van der Waals surface area contributed by atoms with Crippen LogP contribution in [0.25, 0.3) is 0 Å². The molecule has 0 saturated carbocycles. The van der Waals surface area contributed by atoms with Crippen LogP contribution in [-0.2, 0) is 0 Å². The lowest BCUT2D eigenvalue weighted by molar-refractivity contribution is 0.253. The molecule has 0 saturated heterocycles. The van der Waals surface area contributed by atoms with E-state index < -0.39 is 120 Å². The Morgan fingerprint density at radius 1 is 0.396 bits per heavy atom. The Labute approximate surface area is 265 Å². The standard InChI is InChI=1S/C29H21BF14O3Si/c1-9(2)48(10(3)4,11(5)6)8-7-12-13(31)14(32)17(35)22(40)27(12)45-30(46-28-23(41)18(36)15(33)19(37)24(28)42)47-29-25(43)20(38)16(34)21(39)26(29)44/h9-11H,1-6H3. The van der Waals surface area contributed by atoms with Gasteiger partial charge in [-0.25, -0.2) is 39.5 Å². The zero-order valence-corrected chi connectivity index (χ0v) is 26.3. The van der Waals surface area contributed by atoms with Crippen molar-refractivity contribution in [3.05, 3.63) is 87.0 Å². The van der Waals surface area contributed by atoms with E-state index in [1.54, 1.807) is 41.5 Å². The molecule has 48 heavy (non-hydrogen) atoms. The highest BCUT2D eigenvalue weighted by molar-refractivity contribution is 6.90. The fourth-order valence-electron chi connectivity index (χ4n) is 5.17. The van der Waals surface area contributed by atoms with E-state index in [0.717, 1.165) is 0 Å². The largest absolute Gasteiger partial charge is 0.864 e. The fourth-order valence-corrected chi connectivity index (χ4v) is 10.4. The Morgan fingerprint density at radius 3 is 0.958 bits per heavy atom. The van der Waals surface area contributed by atoms with Crippen molar-refractivity contribution in [3.8, 4) is 28.7 Å². The highest BCUT2D eigenvalue weighted by Crippen LogP contribution is 2.42. The molecule has 19 heteroatoms.